The minimum absolute atomic E-state index is 0.113. The highest BCUT2D eigenvalue weighted by Gasteiger charge is 2.47. The lowest BCUT2D eigenvalue weighted by atomic mass is 9.64. The number of carbonyl (C=O) groups excluding carboxylic acids is 2. The minimum atomic E-state index is -0.413. The highest BCUT2D eigenvalue weighted by molar-refractivity contribution is 6.30. The van der Waals surface area contributed by atoms with E-state index >= 15 is 0 Å². The fraction of sp³-hybridized carbons (Fsp3) is 0.400. The van der Waals surface area contributed by atoms with Gasteiger partial charge in [-0.05, 0) is 47.4 Å². The molecule has 182 valence electrons. The third-order valence-electron chi connectivity index (χ3n) is 7.23. The van der Waals surface area contributed by atoms with E-state index in [0.29, 0.717) is 30.2 Å². The largest absolute Gasteiger partial charge is 0.489 e. The van der Waals surface area contributed by atoms with Crippen LogP contribution in [0.2, 0.25) is 5.02 Å². The lowest BCUT2D eigenvalue weighted by molar-refractivity contribution is -0.119. The van der Waals surface area contributed by atoms with Gasteiger partial charge in [-0.25, -0.2) is 0 Å². The molecule has 2 aromatic rings. The molecule has 2 aliphatic carbocycles. The van der Waals surface area contributed by atoms with E-state index in [2.05, 4.69) is 33.0 Å². The Morgan fingerprint density at radius 3 is 2.06 bits per heavy atom. The molecule has 0 atom stereocenters. The Bertz CT molecular complexity index is 1230. The average molecular weight is 490 g/mol. The van der Waals surface area contributed by atoms with Gasteiger partial charge in [0.2, 0.25) is 0 Å². The Balaban J connectivity index is 1.61. The molecule has 5 heteroatoms. The molecular formula is C30H32ClNO3. The van der Waals surface area contributed by atoms with E-state index in [1.807, 2.05) is 48.5 Å². The van der Waals surface area contributed by atoms with Crippen molar-refractivity contribution < 1.29 is 14.3 Å². The molecule has 0 saturated heterocycles. The lowest BCUT2D eigenvalue weighted by Gasteiger charge is -2.44. The number of benzene rings is 2. The van der Waals surface area contributed by atoms with Crippen molar-refractivity contribution in [3.63, 3.8) is 0 Å². The summed E-state index contributed by atoms with van der Waals surface area (Å²) in [5.74, 6) is 0.502. The molecule has 0 unspecified atom stereocenters. The van der Waals surface area contributed by atoms with Gasteiger partial charge in [-0.15, -0.1) is 0 Å². The highest BCUT2D eigenvalue weighted by Crippen LogP contribution is 2.52. The first-order valence-electron chi connectivity index (χ1n) is 12.3. The van der Waals surface area contributed by atoms with Crippen molar-refractivity contribution in [3.8, 4) is 5.75 Å². The summed E-state index contributed by atoms with van der Waals surface area (Å²) in [7, 11) is 0. The van der Waals surface area contributed by atoms with Gasteiger partial charge in [-0.3, -0.25) is 9.59 Å². The van der Waals surface area contributed by atoms with Crippen LogP contribution in [0.15, 0.2) is 71.1 Å². The van der Waals surface area contributed by atoms with Crippen molar-refractivity contribution in [3.05, 3.63) is 87.2 Å². The van der Waals surface area contributed by atoms with Gasteiger partial charge in [0.25, 0.3) is 0 Å². The number of Topliss-reactive ketones (excluding diaryl/α,β-unsaturated/α-hetero) is 2. The molecule has 0 amide bonds. The van der Waals surface area contributed by atoms with Crippen LogP contribution in [-0.4, -0.2) is 11.6 Å². The smallest absolute Gasteiger partial charge is 0.162 e. The fourth-order valence-electron chi connectivity index (χ4n) is 5.84. The van der Waals surface area contributed by atoms with Gasteiger partial charge < -0.3 is 10.1 Å². The van der Waals surface area contributed by atoms with E-state index in [9.17, 15) is 9.59 Å². The number of hydrogen-bond acceptors (Lipinski definition) is 4. The normalized spacial score (nSPS) is 21.4. The van der Waals surface area contributed by atoms with E-state index in [1.54, 1.807) is 0 Å². The maximum atomic E-state index is 13.6. The Labute approximate surface area is 212 Å². The predicted molar refractivity (Wildman–Crippen MR) is 138 cm³/mol. The number of allylic oxidation sites excluding steroid dienone is 4. The second kappa shape index (κ2) is 8.67. The van der Waals surface area contributed by atoms with Crippen LogP contribution in [0.5, 0.6) is 5.75 Å². The van der Waals surface area contributed by atoms with Crippen molar-refractivity contribution in [1.82, 2.24) is 5.32 Å². The summed E-state index contributed by atoms with van der Waals surface area (Å²) in [4.78, 5) is 27.2. The number of ketones is 2. The molecule has 0 saturated carbocycles. The zero-order chi connectivity index (χ0) is 25.0. The van der Waals surface area contributed by atoms with Crippen molar-refractivity contribution in [2.24, 2.45) is 10.8 Å². The summed E-state index contributed by atoms with van der Waals surface area (Å²) in [6, 6.07) is 15.4. The van der Waals surface area contributed by atoms with Crippen LogP contribution in [0.4, 0.5) is 0 Å². The molecule has 0 spiro atoms. The predicted octanol–water partition coefficient (Wildman–Crippen LogP) is 6.89. The minimum Gasteiger partial charge on any atom is -0.489 e. The maximum Gasteiger partial charge on any atom is 0.162 e. The van der Waals surface area contributed by atoms with Crippen LogP contribution >= 0.6 is 11.6 Å². The molecule has 4 nitrogen and oxygen atoms in total. The first-order valence-corrected chi connectivity index (χ1v) is 12.7. The number of hydrogen-bond donors (Lipinski definition) is 1. The molecule has 0 fully saturated rings. The van der Waals surface area contributed by atoms with Crippen molar-refractivity contribution in [2.75, 3.05) is 0 Å². The van der Waals surface area contributed by atoms with Crippen LogP contribution in [0.25, 0.3) is 0 Å². The number of para-hydroxylation sites is 1. The zero-order valence-electron chi connectivity index (χ0n) is 20.8. The molecule has 0 aromatic heterocycles. The second-order valence-electron chi connectivity index (χ2n) is 11.7. The van der Waals surface area contributed by atoms with E-state index in [0.717, 1.165) is 46.5 Å². The lowest BCUT2D eigenvalue weighted by Crippen LogP contribution is -2.42. The summed E-state index contributed by atoms with van der Waals surface area (Å²) < 4.78 is 6.30. The average Bonchev–Trinajstić information content (AvgIpc) is 2.75. The second-order valence-corrected chi connectivity index (χ2v) is 12.1. The molecule has 1 aliphatic heterocycles. The molecule has 0 radical (unpaired) electrons. The molecule has 35 heavy (non-hydrogen) atoms. The van der Waals surface area contributed by atoms with Gasteiger partial charge in [0.1, 0.15) is 12.4 Å². The van der Waals surface area contributed by atoms with E-state index in [1.165, 1.54) is 0 Å². The molecule has 3 aliphatic rings. The van der Waals surface area contributed by atoms with E-state index in [4.69, 9.17) is 16.3 Å². The summed E-state index contributed by atoms with van der Waals surface area (Å²) in [6.45, 7) is 8.88. The number of ether oxygens (including phenoxy) is 1. The first-order chi connectivity index (χ1) is 16.5. The van der Waals surface area contributed by atoms with Gasteiger partial charge in [0.05, 0.1) is 0 Å². The van der Waals surface area contributed by atoms with Gasteiger partial charge in [0, 0.05) is 51.9 Å². The summed E-state index contributed by atoms with van der Waals surface area (Å²) in [5.41, 5.74) is 4.98. The van der Waals surface area contributed by atoms with Crippen LogP contribution in [-0.2, 0) is 16.2 Å². The summed E-state index contributed by atoms with van der Waals surface area (Å²) in [6.07, 6.45) is 2.50. The third kappa shape index (κ3) is 4.69. The maximum absolute atomic E-state index is 13.6. The summed E-state index contributed by atoms with van der Waals surface area (Å²) in [5, 5.41) is 4.24. The molecule has 5 rings (SSSR count). The Kier molecular flexibility index (Phi) is 5.91. The molecule has 1 heterocycles. The van der Waals surface area contributed by atoms with E-state index < -0.39 is 5.92 Å². The molecule has 0 bridgehead atoms. The Hall–Kier alpha value is -2.85. The number of carbonyl (C=O) groups is 2. The number of dihydropyridines is 1. The monoisotopic (exact) mass is 489 g/mol. The van der Waals surface area contributed by atoms with E-state index in [-0.39, 0.29) is 22.4 Å². The Morgan fingerprint density at radius 2 is 1.46 bits per heavy atom. The topological polar surface area (TPSA) is 55.4 Å². The van der Waals surface area contributed by atoms with Crippen molar-refractivity contribution in [2.45, 2.75) is 65.9 Å². The van der Waals surface area contributed by atoms with Crippen LogP contribution < -0.4 is 10.1 Å². The third-order valence-corrected chi connectivity index (χ3v) is 7.47. The first kappa shape index (κ1) is 23.9. The molecular weight excluding hydrogens is 458 g/mol. The molecule has 1 N–H and O–H groups in total. The number of halogens is 1. The standard InChI is InChI=1S/C30H32ClNO3/c1-29(2)13-21-27(23(33)15-29)26(28-22(32-21)14-30(3,4)16-24(28)34)20-10-5-6-11-25(20)35-17-18-8-7-9-19(31)12-18/h5-12,26,32H,13-17H2,1-4H3. The van der Waals surface area contributed by atoms with Gasteiger partial charge in [0.15, 0.2) is 11.6 Å². The van der Waals surface area contributed by atoms with Gasteiger partial charge >= 0.3 is 0 Å². The Morgan fingerprint density at radius 1 is 0.857 bits per heavy atom. The van der Waals surface area contributed by atoms with Crippen LogP contribution in [0, 0.1) is 10.8 Å². The van der Waals surface area contributed by atoms with Crippen LogP contribution in [0.3, 0.4) is 0 Å². The SMILES string of the molecule is CC1(C)CC(=O)C2=C(C1)NC1=C(C(=O)CC(C)(C)C1)C2c1ccccc1OCc1cccc(Cl)c1. The van der Waals surface area contributed by atoms with Gasteiger partial charge in [-0.1, -0.05) is 69.6 Å². The van der Waals surface area contributed by atoms with Crippen LogP contribution in [0.1, 0.15) is 70.4 Å². The number of rotatable bonds is 4. The zero-order valence-corrected chi connectivity index (χ0v) is 21.6. The highest BCUT2D eigenvalue weighted by atomic mass is 35.5. The molecule has 2 aromatic carbocycles. The fourth-order valence-corrected chi connectivity index (χ4v) is 6.05. The van der Waals surface area contributed by atoms with Crippen molar-refractivity contribution in [1.29, 1.82) is 0 Å². The van der Waals surface area contributed by atoms with Crippen molar-refractivity contribution >= 4 is 23.2 Å². The number of nitrogens with one attached hydrogen (secondary N) is 1. The quantitative estimate of drug-likeness (QED) is 0.508. The summed E-state index contributed by atoms with van der Waals surface area (Å²) >= 11 is 6.16. The van der Waals surface area contributed by atoms with Gasteiger partial charge in [-0.2, -0.15) is 0 Å².